The Hall–Kier alpha value is -3.30. The molecule has 2 saturated carbocycles. The van der Waals surface area contributed by atoms with Gasteiger partial charge in [0, 0.05) is 57.1 Å². The molecule has 1 saturated heterocycles. The number of rotatable bonds is 6. The van der Waals surface area contributed by atoms with Gasteiger partial charge in [-0.1, -0.05) is 12.1 Å². The number of hydrogen-bond acceptors (Lipinski definition) is 6. The lowest BCUT2D eigenvalue weighted by Crippen LogP contribution is -2.47. The molecule has 3 aromatic rings. The number of aromatic hydroxyl groups is 1. The van der Waals surface area contributed by atoms with Gasteiger partial charge in [-0.3, -0.25) is 19.1 Å². The van der Waals surface area contributed by atoms with Crippen molar-refractivity contribution in [2.24, 2.45) is 5.41 Å². The van der Waals surface area contributed by atoms with E-state index in [1.165, 1.54) is 29.5 Å². The Morgan fingerprint density at radius 2 is 1.81 bits per heavy atom. The number of amides is 1. The summed E-state index contributed by atoms with van der Waals surface area (Å²) in [6.07, 6.45) is 5.89. The highest BCUT2D eigenvalue weighted by Gasteiger charge is 2.53. The Labute approximate surface area is 214 Å². The Bertz CT molecular complexity index is 1400. The summed E-state index contributed by atoms with van der Waals surface area (Å²) in [6, 6.07) is 7.75. The molecule has 1 spiro atoms. The van der Waals surface area contributed by atoms with E-state index in [9.17, 15) is 19.1 Å². The number of nitrogens with one attached hydrogen (secondary N) is 1. The number of likely N-dealkylation sites (N-methyl/N-ethyl adjacent to an activating group) is 1. The van der Waals surface area contributed by atoms with Crippen LogP contribution in [0.4, 0.5) is 4.39 Å². The van der Waals surface area contributed by atoms with Crippen LogP contribution in [0.3, 0.4) is 0 Å². The van der Waals surface area contributed by atoms with Gasteiger partial charge in [-0.2, -0.15) is 0 Å². The van der Waals surface area contributed by atoms with Crippen LogP contribution in [0, 0.1) is 11.2 Å². The zero-order chi connectivity index (χ0) is 25.7. The van der Waals surface area contributed by atoms with E-state index in [1.54, 1.807) is 24.4 Å². The van der Waals surface area contributed by atoms with Gasteiger partial charge in [0.1, 0.15) is 22.8 Å². The molecule has 2 aliphatic carbocycles. The smallest absolute Gasteiger partial charge is 0.268 e. The van der Waals surface area contributed by atoms with Crippen LogP contribution >= 0.6 is 0 Å². The Balaban J connectivity index is 1.37. The van der Waals surface area contributed by atoms with Crippen LogP contribution in [-0.2, 0) is 6.54 Å². The van der Waals surface area contributed by atoms with E-state index < -0.39 is 11.5 Å². The number of halogens is 1. The first-order chi connectivity index (χ1) is 17.8. The van der Waals surface area contributed by atoms with E-state index in [-0.39, 0.29) is 23.2 Å². The lowest BCUT2D eigenvalue weighted by molar-refractivity contribution is 0.0872. The molecule has 2 aromatic heterocycles. The monoisotopic (exact) mass is 505 g/mol. The molecule has 2 N–H and O–H groups in total. The molecule has 37 heavy (non-hydrogen) atoms. The summed E-state index contributed by atoms with van der Waals surface area (Å²) in [4.78, 5) is 36.0. The number of carbonyl (C=O) groups is 1. The molecule has 1 aliphatic heterocycles. The number of carbonyl (C=O) groups excluding carboxylic acids is 1. The van der Waals surface area contributed by atoms with Crippen LogP contribution < -0.4 is 10.9 Å². The van der Waals surface area contributed by atoms with Crippen molar-refractivity contribution in [3.8, 4) is 16.9 Å². The van der Waals surface area contributed by atoms with Gasteiger partial charge in [0.2, 0.25) is 0 Å². The molecule has 0 atom stereocenters. The van der Waals surface area contributed by atoms with Gasteiger partial charge in [0.25, 0.3) is 11.5 Å². The van der Waals surface area contributed by atoms with Crippen molar-refractivity contribution in [3.63, 3.8) is 0 Å². The van der Waals surface area contributed by atoms with Crippen molar-refractivity contribution in [2.45, 2.75) is 38.3 Å². The second-order valence-corrected chi connectivity index (χ2v) is 11.0. The topological polar surface area (TPSA) is 90.7 Å². The zero-order valence-corrected chi connectivity index (χ0v) is 21.0. The van der Waals surface area contributed by atoms with E-state index in [0.717, 1.165) is 44.6 Å². The third-order valence-electron chi connectivity index (χ3n) is 8.36. The summed E-state index contributed by atoms with van der Waals surface area (Å²) >= 11 is 0. The lowest BCUT2D eigenvalue weighted by atomic mass is 9.77. The van der Waals surface area contributed by atoms with Gasteiger partial charge in [-0.25, -0.2) is 9.37 Å². The molecule has 8 nitrogen and oxygen atoms in total. The largest absolute Gasteiger partial charge is 0.506 e. The normalized spacial score (nSPS) is 19.7. The highest BCUT2D eigenvalue weighted by atomic mass is 19.1. The SMILES string of the molecule is CN1CCN(CCn2c(=O)c(C(=O)NC3CC4(CC4)C3)c(O)c3cc(-c4ccc(F)cc4)cnc32)CC1. The van der Waals surface area contributed by atoms with Crippen LogP contribution in [0.5, 0.6) is 5.75 Å². The minimum atomic E-state index is -0.537. The minimum Gasteiger partial charge on any atom is -0.506 e. The van der Waals surface area contributed by atoms with Gasteiger partial charge in [-0.15, -0.1) is 0 Å². The van der Waals surface area contributed by atoms with Crippen LogP contribution in [0.1, 0.15) is 36.0 Å². The molecule has 0 bridgehead atoms. The first kappa shape index (κ1) is 24.1. The van der Waals surface area contributed by atoms with Crippen LogP contribution in [0.2, 0.25) is 0 Å². The highest BCUT2D eigenvalue weighted by molar-refractivity contribution is 6.02. The molecular formula is C28H32FN5O3. The van der Waals surface area contributed by atoms with Gasteiger partial charge < -0.3 is 15.3 Å². The lowest BCUT2D eigenvalue weighted by Gasteiger charge is -2.36. The number of pyridine rings is 2. The number of aromatic nitrogens is 2. The van der Waals surface area contributed by atoms with E-state index in [1.807, 2.05) is 0 Å². The van der Waals surface area contributed by atoms with Crippen LogP contribution in [0.25, 0.3) is 22.2 Å². The summed E-state index contributed by atoms with van der Waals surface area (Å²) in [7, 11) is 2.09. The second kappa shape index (κ2) is 9.22. The van der Waals surface area contributed by atoms with Crippen LogP contribution in [-0.4, -0.2) is 76.2 Å². The Kier molecular flexibility index (Phi) is 6.00. The van der Waals surface area contributed by atoms with Gasteiger partial charge in [0.05, 0.1) is 5.39 Å². The van der Waals surface area contributed by atoms with Crippen molar-refractivity contribution in [2.75, 3.05) is 39.8 Å². The summed E-state index contributed by atoms with van der Waals surface area (Å²) in [6.45, 7) is 4.72. The number of nitrogens with zero attached hydrogens (tertiary/aromatic N) is 4. The number of benzene rings is 1. The van der Waals surface area contributed by atoms with Gasteiger partial charge in [-0.05, 0) is 61.9 Å². The number of hydrogen-bond donors (Lipinski definition) is 2. The molecule has 0 radical (unpaired) electrons. The number of fused-ring (bicyclic) bond motifs is 1. The molecule has 3 heterocycles. The third kappa shape index (κ3) is 4.62. The fourth-order valence-corrected chi connectivity index (χ4v) is 5.77. The molecule has 1 aromatic carbocycles. The quantitative estimate of drug-likeness (QED) is 0.536. The van der Waals surface area contributed by atoms with Crippen molar-refractivity contribution >= 4 is 16.9 Å². The van der Waals surface area contributed by atoms with Gasteiger partial charge in [0.15, 0.2) is 0 Å². The van der Waals surface area contributed by atoms with E-state index in [4.69, 9.17) is 0 Å². The fraction of sp³-hybridized carbons (Fsp3) is 0.464. The predicted molar refractivity (Wildman–Crippen MR) is 139 cm³/mol. The molecule has 3 fully saturated rings. The van der Waals surface area contributed by atoms with Crippen molar-refractivity contribution in [3.05, 3.63) is 58.3 Å². The Morgan fingerprint density at radius 3 is 2.49 bits per heavy atom. The zero-order valence-electron chi connectivity index (χ0n) is 21.0. The maximum Gasteiger partial charge on any atom is 0.268 e. The highest BCUT2D eigenvalue weighted by Crippen LogP contribution is 2.60. The summed E-state index contributed by atoms with van der Waals surface area (Å²) in [5.41, 5.74) is 1.35. The van der Waals surface area contributed by atoms with E-state index in [0.29, 0.717) is 35.1 Å². The third-order valence-corrected chi connectivity index (χ3v) is 8.36. The average Bonchev–Trinajstić information content (AvgIpc) is 3.66. The molecule has 194 valence electrons. The van der Waals surface area contributed by atoms with Crippen molar-refractivity contribution < 1.29 is 14.3 Å². The molecule has 3 aliphatic rings. The molecular weight excluding hydrogens is 473 g/mol. The summed E-state index contributed by atoms with van der Waals surface area (Å²) in [5, 5.41) is 14.5. The number of piperazine rings is 1. The van der Waals surface area contributed by atoms with Crippen molar-refractivity contribution in [1.29, 1.82) is 0 Å². The van der Waals surface area contributed by atoms with Gasteiger partial charge >= 0.3 is 0 Å². The molecule has 6 rings (SSSR count). The predicted octanol–water partition coefficient (Wildman–Crippen LogP) is 2.83. The summed E-state index contributed by atoms with van der Waals surface area (Å²) < 4.78 is 15.0. The van der Waals surface area contributed by atoms with E-state index in [2.05, 4.69) is 27.1 Å². The average molecular weight is 506 g/mol. The minimum absolute atomic E-state index is 0.0342. The fourth-order valence-electron chi connectivity index (χ4n) is 5.77. The second-order valence-electron chi connectivity index (χ2n) is 11.0. The summed E-state index contributed by atoms with van der Waals surface area (Å²) in [5.74, 6) is -1.24. The Morgan fingerprint density at radius 1 is 1.11 bits per heavy atom. The maximum absolute atomic E-state index is 13.6. The maximum atomic E-state index is 13.6. The van der Waals surface area contributed by atoms with Crippen LogP contribution in [0.15, 0.2) is 41.3 Å². The van der Waals surface area contributed by atoms with E-state index >= 15 is 0 Å². The van der Waals surface area contributed by atoms with Crippen molar-refractivity contribution in [1.82, 2.24) is 24.7 Å². The molecule has 9 heteroatoms. The molecule has 1 amide bonds. The first-order valence-electron chi connectivity index (χ1n) is 13.1. The molecule has 0 unspecified atom stereocenters. The standard InChI is InChI=1S/C28H32FN5O3/c1-32-8-10-33(11-9-32)12-13-34-25-22(14-19(17-30-25)18-2-4-20(29)5-3-18)24(35)23(27(34)37)26(36)31-21-15-28(16-21)6-7-28/h2-5,14,17,21,35H,6-13,15-16H2,1H3,(H,31,36). The first-order valence-corrected chi connectivity index (χ1v) is 13.1.